The van der Waals surface area contributed by atoms with E-state index in [-0.39, 0.29) is 0 Å². The molecule has 0 bridgehead atoms. The zero-order valence-corrected chi connectivity index (χ0v) is 16.7. The summed E-state index contributed by atoms with van der Waals surface area (Å²) in [5, 5.41) is 13.1. The Morgan fingerprint density at radius 3 is 2.81 bits per heavy atom. The number of rotatable bonds is 6. The molecule has 1 atom stereocenters. The van der Waals surface area contributed by atoms with Crippen LogP contribution in [0.4, 0.5) is 0 Å². The number of nitrogens with one attached hydrogen (secondary N) is 2. The first-order chi connectivity index (χ1) is 12.7. The van der Waals surface area contributed by atoms with Gasteiger partial charge >= 0.3 is 0 Å². The second-order valence-corrected chi connectivity index (χ2v) is 7.84. The van der Waals surface area contributed by atoms with Gasteiger partial charge in [-0.2, -0.15) is 5.10 Å². The summed E-state index contributed by atoms with van der Waals surface area (Å²) in [6.45, 7) is 6.12. The van der Waals surface area contributed by atoms with Crippen LogP contribution in [0.2, 0.25) is 0 Å². The molecule has 0 radical (unpaired) electrons. The molecular formula is C18H29N7S. The Kier molecular flexibility index (Phi) is 6.62. The van der Waals surface area contributed by atoms with E-state index < -0.39 is 0 Å². The molecule has 1 aliphatic heterocycles. The molecule has 0 aromatic carbocycles. The minimum absolute atomic E-state index is 0.385. The minimum Gasteiger partial charge on any atom is -0.354 e. The van der Waals surface area contributed by atoms with E-state index in [4.69, 9.17) is 0 Å². The first-order valence-electron chi connectivity index (χ1n) is 9.22. The topological polar surface area (TPSA) is 70.4 Å². The molecule has 8 heteroatoms. The van der Waals surface area contributed by atoms with E-state index >= 15 is 0 Å². The van der Waals surface area contributed by atoms with Gasteiger partial charge in [0.15, 0.2) is 5.96 Å². The molecule has 3 heterocycles. The normalized spacial score (nSPS) is 18.0. The molecule has 1 aliphatic rings. The van der Waals surface area contributed by atoms with E-state index in [1.165, 1.54) is 17.7 Å². The van der Waals surface area contributed by atoms with Crippen LogP contribution in [0, 0.1) is 5.92 Å². The van der Waals surface area contributed by atoms with Crippen molar-refractivity contribution in [2.75, 3.05) is 26.7 Å². The third-order valence-corrected chi connectivity index (χ3v) is 6.01. The lowest BCUT2D eigenvalue weighted by Gasteiger charge is -2.36. The zero-order chi connectivity index (χ0) is 18.4. The lowest BCUT2D eigenvalue weighted by molar-refractivity contribution is 0.140. The Hall–Kier alpha value is -1.93. The lowest BCUT2D eigenvalue weighted by atomic mass is 9.97. The summed E-state index contributed by atoms with van der Waals surface area (Å²) in [5.74, 6) is 2.51. The van der Waals surface area contributed by atoms with E-state index in [1.54, 1.807) is 18.1 Å². The third kappa shape index (κ3) is 4.82. The van der Waals surface area contributed by atoms with Crippen LogP contribution in [0.15, 0.2) is 28.8 Å². The van der Waals surface area contributed by atoms with Crippen molar-refractivity contribution in [1.29, 1.82) is 0 Å². The van der Waals surface area contributed by atoms with E-state index in [2.05, 4.69) is 55.0 Å². The molecule has 0 saturated carbocycles. The van der Waals surface area contributed by atoms with Gasteiger partial charge in [-0.3, -0.25) is 14.6 Å². The van der Waals surface area contributed by atoms with Crippen molar-refractivity contribution in [3.63, 3.8) is 0 Å². The predicted molar refractivity (Wildman–Crippen MR) is 106 cm³/mol. The van der Waals surface area contributed by atoms with Gasteiger partial charge < -0.3 is 10.6 Å². The monoisotopic (exact) mass is 375 g/mol. The highest BCUT2D eigenvalue weighted by atomic mass is 32.1. The summed E-state index contributed by atoms with van der Waals surface area (Å²) in [6.07, 6.45) is 4.12. The second-order valence-electron chi connectivity index (χ2n) is 6.86. The predicted octanol–water partition coefficient (Wildman–Crippen LogP) is 2.01. The number of thiophene rings is 1. The molecule has 2 aromatic rings. The molecule has 142 valence electrons. The van der Waals surface area contributed by atoms with Crippen LogP contribution in [0.1, 0.15) is 36.5 Å². The average molecular weight is 376 g/mol. The van der Waals surface area contributed by atoms with Crippen LogP contribution in [-0.4, -0.2) is 52.3 Å². The highest BCUT2D eigenvalue weighted by molar-refractivity contribution is 7.10. The molecule has 0 spiro atoms. The van der Waals surface area contributed by atoms with E-state index in [1.807, 2.05) is 18.4 Å². The standard InChI is InChI=1S/C18H29N7S/c1-14-6-8-25(9-7-14)15(16-5-4-10-26-16)11-20-18(19-2)21-12-17-22-13-23-24(17)3/h4-5,10,13-15H,6-9,11-12H2,1-3H3,(H2,19,20,21). The Morgan fingerprint density at radius 2 is 2.19 bits per heavy atom. The fourth-order valence-corrected chi connectivity index (χ4v) is 4.15. The smallest absolute Gasteiger partial charge is 0.191 e. The largest absolute Gasteiger partial charge is 0.354 e. The lowest BCUT2D eigenvalue weighted by Crippen LogP contribution is -2.44. The van der Waals surface area contributed by atoms with Gasteiger partial charge in [-0.05, 0) is 43.3 Å². The molecule has 1 saturated heterocycles. The van der Waals surface area contributed by atoms with E-state index in [9.17, 15) is 0 Å². The number of nitrogens with zero attached hydrogens (tertiary/aromatic N) is 5. The first-order valence-corrected chi connectivity index (χ1v) is 10.1. The maximum atomic E-state index is 4.35. The Balaban J connectivity index is 1.58. The molecule has 2 aromatic heterocycles. The van der Waals surface area contributed by atoms with Crippen molar-refractivity contribution >= 4 is 17.3 Å². The number of aryl methyl sites for hydroxylation is 1. The van der Waals surface area contributed by atoms with Crippen molar-refractivity contribution in [3.8, 4) is 0 Å². The zero-order valence-electron chi connectivity index (χ0n) is 15.9. The number of aliphatic imine (C=N–C) groups is 1. The van der Waals surface area contributed by atoms with Crippen molar-refractivity contribution in [2.24, 2.45) is 18.0 Å². The summed E-state index contributed by atoms with van der Waals surface area (Å²) in [7, 11) is 3.69. The molecular weight excluding hydrogens is 346 g/mol. The molecule has 0 aliphatic carbocycles. The van der Waals surface area contributed by atoms with Crippen LogP contribution in [0.3, 0.4) is 0 Å². The minimum atomic E-state index is 0.385. The van der Waals surface area contributed by atoms with Crippen LogP contribution in [-0.2, 0) is 13.6 Å². The van der Waals surface area contributed by atoms with E-state index in [0.29, 0.717) is 12.6 Å². The number of hydrogen-bond donors (Lipinski definition) is 2. The molecule has 2 N–H and O–H groups in total. The molecule has 7 nitrogen and oxygen atoms in total. The van der Waals surface area contributed by atoms with Crippen LogP contribution in [0.25, 0.3) is 0 Å². The highest BCUT2D eigenvalue weighted by Crippen LogP contribution is 2.28. The summed E-state index contributed by atoms with van der Waals surface area (Å²) < 4.78 is 1.77. The molecule has 3 rings (SSSR count). The first kappa shape index (κ1) is 18.8. The highest BCUT2D eigenvalue weighted by Gasteiger charge is 2.25. The van der Waals surface area contributed by atoms with Gasteiger partial charge in [0.2, 0.25) is 0 Å². The fraction of sp³-hybridized carbons (Fsp3) is 0.611. The SMILES string of the molecule is CN=C(NCc1ncnn1C)NCC(c1cccs1)N1CCC(C)CC1. The van der Waals surface area contributed by atoms with Crippen molar-refractivity contribution < 1.29 is 0 Å². The van der Waals surface area contributed by atoms with Gasteiger partial charge in [0.1, 0.15) is 12.2 Å². The molecule has 26 heavy (non-hydrogen) atoms. The average Bonchev–Trinajstić information content (AvgIpc) is 3.31. The van der Waals surface area contributed by atoms with Crippen LogP contribution in [0.5, 0.6) is 0 Å². The van der Waals surface area contributed by atoms with Gasteiger partial charge in [-0.25, -0.2) is 4.98 Å². The summed E-state index contributed by atoms with van der Waals surface area (Å²) in [5.41, 5.74) is 0. The maximum Gasteiger partial charge on any atom is 0.191 e. The van der Waals surface area contributed by atoms with Gasteiger partial charge in [0.25, 0.3) is 0 Å². The Labute approximate surface area is 159 Å². The van der Waals surface area contributed by atoms with Gasteiger partial charge in [0.05, 0.1) is 12.6 Å². The number of piperidine rings is 1. The summed E-state index contributed by atoms with van der Waals surface area (Å²) in [4.78, 5) is 12.6. The number of guanidine groups is 1. The summed E-state index contributed by atoms with van der Waals surface area (Å²) in [6, 6.07) is 4.77. The maximum absolute atomic E-state index is 4.35. The van der Waals surface area contributed by atoms with E-state index in [0.717, 1.165) is 37.3 Å². The van der Waals surface area contributed by atoms with Gasteiger partial charge in [0, 0.05) is 25.5 Å². The van der Waals surface area contributed by atoms with Crippen LogP contribution >= 0.6 is 11.3 Å². The second kappa shape index (κ2) is 9.14. The Morgan fingerprint density at radius 1 is 1.38 bits per heavy atom. The summed E-state index contributed by atoms with van der Waals surface area (Å²) >= 11 is 1.83. The number of likely N-dealkylation sites (tertiary alicyclic amines) is 1. The Bertz CT molecular complexity index is 686. The van der Waals surface area contributed by atoms with Crippen molar-refractivity contribution in [3.05, 3.63) is 34.5 Å². The number of hydrogen-bond acceptors (Lipinski definition) is 5. The van der Waals surface area contributed by atoms with Crippen LogP contribution < -0.4 is 10.6 Å². The molecule has 1 unspecified atom stereocenters. The van der Waals surface area contributed by atoms with Crippen molar-refractivity contribution in [2.45, 2.75) is 32.4 Å². The van der Waals surface area contributed by atoms with Gasteiger partial charge in [-0.15, -0.1) is 11.3 Å². The fourth-order valence-electron chi connectivity index (χ4n) is 3.29. The van der Waals surface area contributed by atoms with Gasteiger partial charge in [-0.1, -0.05) is 13.0 Å². The molecule has 1 fully saturated rings. The molecule has 0 amide bonds. The van der Waals surface area contributed by atoms with Crippen molar-refractivity contribution in [1.82, 2.24) is 30.3 Å². The quantitative estimate of drug-likeness (QED) is 0.597. The third-order valence-electron chi connectivity index (χ3n) is 5.04. The number of aromatic nitrogens is 3.